The van der Waals surface area contributed by atoms with Gasteiger partial charge in [0.15, 0.2) is 0 Å². The summed E-state index contributed by atoms with van der Waals surface area (Å²) in [6, 6.07) is 9.05. The fourth-order valence-electron chi connectivity index (χ4n) is 3.01. The van der Waals surface area contributed by atoms with E-state index >= 15 is 0 Å². The first kappa shape index (κ1) is 19.3. The first-order valence-electron chi connectivity index (χ1n) is 8.73. The molecule has 0 aliphatic rings. The summed E-state index contributed by atoms with van der Waals surface area (Å²) < 4.78 is 41.4. The van der Waals surface area contributed by atoms with Gasteiger partial charge in [0.05, 0.1) is 0 Å². The number of nitrogens with zero attached hydrogens (tertiary/aromatic N) is 4. The Balaban J connectivity index is 1.86. The van der Waals surface area contributed by atoms with E-state index in [1.165, 1.54) is 24.4 Å². The fourth-order valence-corrected chi connectivity index (χ4v) is 3.65. The van der Waals surface area contributed by atoms with Gasteiger partial charge in [0.25, 0.3) is 0 Å². The zero-order valence-electron chi connectivity index (χ0n) is 15.6. The molecule has 2 aromatic carbocycles. The van der Waals surface area contributed by atoms with E-state index in [1.807, 2.05) is 13.0 Å². The Morgan fingerprint density at radius 1 is 1.07 bits per heavy atom. The van der Waals surface area contributed by atoms with Crippen molar-refractivity contribution in [3.8, 4) is 28.6 Å². The van der Waals surface area contributed by atoms with Crippen molar-refractivity contribution in [2.45, 2.75) is 6.92 Å². The second-order valence-electron chi connectivity index (χ2n) is 6.03. The number of halogens is 2. The van der Waals surface area contributed by atoms with Crippen molar-refractivity contribution >= 4 is 32.4 Å². The average molecular weight is 456 g/mol. The minimum absolute atomic E-state index is 0.0342. The molecule has 2 aromatic heterocycles. The van der Waals surface area contributed by atoms with Crippen LogP contribution in [-0.2, 0) is 0 Å². The van der Waals surface area contributed by atoms with E-state index in [-0.39, 0.29) is 11.4 Å². The molecule has 0 aliphatic heterocycles. The molecule has 0 bridgehead atoms. The van der Waals surface area contributed by atoms with Crippen molar-refractivity contribution in [2.75, 3.05) is 13.7 Å². The van der Waals surface area contributed by atoms with Crippen LogP contribution in [0.5, 0.6) is 11.5 Å². The first-order chi connectivity index (χ1) is 14.0. The average Bonchev–Trinajstić information content (AvgIpc) is 3.13. The molecule has 0 N–H and O–H groups in total. The van der Waals surface area contributed by atoms with Crippen molar-refractivity contribution in [3.63, 3.8) is 0 Å². The number of fused-ring (bicyclic) bond motifs is 1. The minimum atomic E-state index is -0.722. The van der Waals surface area contributed by atoms with Gasteiger partial charge in [0, 0.05) is 0 Å². The second-order valence-corrected chi connectivity index (χ2v) is 6.91. The Kier molecular flexibility index (Phi) is 5.19. The van der Waals surface area contributed by atoms with Gasteiger partial charge in [0.1, 0.15) is 0 Å². The Morgan fingerprint density at radius 2 is 1.83 bits per heavy atom. The summed E-state index contributed by atoms with van der Waals surface area (Å²) in [6.45, 7) is 2.37. The van der Waals surface area contributed by atoms with Crippen LogP contribution in [0.15, 0.2) is 42.6 Å². The summed E-state index contributed by atoms with van der Waals surface area (Å²) in [6.07, 6.45) is 1.53. The van der Waals surface area contributed by atoms with Crippen LogP contribution in [-0.4, -0.2) is 50.3 Å². The SMILES string of the molecule is CCOc1cc(-n2ncc3nc(-c4c(F)cccc4F)nc([As])c32)ccc1OC. The number of hydrogen-bond donors (Lipinski definition) is 0. The van der Waals surface area contributed by atoms with E-state index in [1.54, 1.807) is 23.9 Å². The molecule has 0 saturated carbocycles. The van der Waals surface area contributed by atoms with Gasteiger partial charge in [-0.2, -0.15) is 0 Å². The van der Waals surface area contributed by atoms with Crippen LogP contribution in [0.25, 0.3) is 28.1 Å². The molecule has 4 aromatic rings. The van der Waals surface area contributed by atoms with Crippen LogP contribution < -0.4 is 14.0 Å². The number of benzene rings is 2. The van der Waals surface area contributed by atoms with Gasteiger partial charge in [-0.05, 0) is 0 Å². The van der Waals surface area contributed by atoms with Crippen molar-refractivity contribution in [2.24, 2.45) is 0 Å². The molecule has 146 valence electrons. The first-order valence-corrected chi connectivity index (χ1v) is 9.67. The van der Waals surface area contributed by atoms with Gasteiger partial charge in [-0.1, -0.05) is 0 Å². The quantitative estimate of drug-likeness (QED) is 0.433. The molecular weight excluding hydrogens is 441 g/mol. The molecule has 29 heavy (non-hydrogen) atoms. The van der Waals surface area contributed by atoms with Gasteiger partial charge in [0.2, 0.25) is 0 Å². The molecule has 0 atom stereocenters. The van der Waals surface area contributed by atoms with Gasteiger partial charge in [-0.3, -0.25) is 0 Å². The topological polar surface area (TPSA) is 62.1 Å². The number of rotatable bonds is 5. The fraction of sp³-hybridized carbons (Fsp3) is 0.150. The van der Waals surface area contributed by atoms with E-state index in [2.05, 4.69) is 31.9 Å². The van der Waals surface area contributed by atoms with E-state index < -0.39 is 11.6 Å². The zero-order chi connectivity index (χ0) is 20.5. The second kappa shape index (κ2) is 7.79. The zero-order valence-corrected chi connectivity index (χ0v) is 17.4. The van der Waals surface area contributed by atoms with E-state index in [0.29, 0.717) is 39.3 Å². The maximum atomic E-state index is 14.2. The summed E-state index contributed by atoms with van der Waals surface area (Å²) >= 11 is 2.29. The Labute approximate surface area is 174 Å². The van der Waals surface area contributed by atoms with Crippen LogP contribution >= 0.6 is 0 Å². The number of hydrogen-bond acceptors (Lipinski definition) is 5. The van der Waals surface area contributed by atoms with Gasteiger partial charge in [-0.25, -0.2) is 0 Å². The standard InChI is InChI=1S/C20H15AsF2N4O2/c1-3-29-16-9-11(7-8-15(16)28-2)27-18-14(10-24-27)25-20(26-19(18)21)17-12(22)5-4-6-13(17)23/h4-10H,3H2,1-2H3. The van der Waals surface area contributed by atoms with Gasteiger partial charge >= 0.3 is 174 Å². The third-order valence-electron chi connectivity index (χ3n) is 4.28. The Bertz CT molecular complexity index is 1190. The van der Waals surface area contributed by atoms with Crippen molar-refractivity contribution in [1.29, 1.82) is 0 Å². The van der Waals surface area contributed by atoms with Crippen LogP contribution in [0, 0.1) is 11.6 Å². The number of aromatic nitrogens is 4. The van der Waals surface area contributed by atoms with Gasteiger partial charge < -0.3 is 0 Å². The molecule has 9 heteroatoms. The predicted molar refractivity (Wildman–Crippen MR) is 105 cm³/mol. The molecule has 0 amide bonds. The molecule has 4 rings (SSSR count). The van der Waals surface area contributed by atoms with Crippen LogP contribution in [0.1, 0.15) is 6.92 Å². The number of methoxy groups -OCH3 is 1. The van der Waals surface area contributed by atoms with E-state index in [0.717, 1.165) is 0 Å². The van der Waals surface area contributed by atoms with Crippen LogP contribution in [0.2, 0.25) is 0 Å². The molecule has 0 fully saturated rings. The van der Waals surface area contributed by atoms with E-state index in [4.69, 9.17) is 9.47 Å². The molecule has 2 heterocycles. The van der Waals surface area contributed by atoms with Crippen molar-refractivity contribution in [3.05, 3.63) is 54.2 Å². The summed E-state index contributed by atoms with van der Waals surface area (Å²) in [5.74, 6) is -0.296. The monoisotopic (exact) mass is 456 g/mol. The molecule has 6 nitrogen and oxygen atoms in total. The summed E-state index contributed by atoms with van der Waals surface area (Å²) in [7, 11) is 1.57. The Morgan fingerprint density at radius 3 is 2.52 bits per heavy atom. The van der Waals surface area contributed by atoms with Crippen molar-refractivity contribution in [1.82, 2.24) is 19.7 Å². The molecule has 0 aliphatic carbocycles. The molecule has 0 spiro atoms. The summed E-state index contributed by atoms with van der Waals surface area (Å²) in [4.78, 5) is 8.63. The van der Waals surface area contributed by atoms with Crippen LogP contribution in [0.3, 0.4) is 0 Å². The number of ether oxygens (including phenoxy) is 2. The predicted octanol–water partition coefficient (Wildman–Crippen LogP) is 2.96. The Hall–Kier alpha value is -2.99. The normalized spacial score (nSPS) is 11.1. The third-order valence-corrected chi connectivity index (χ3v) is 4.93. The molecule has 0 saturated heterocycles. The summed E-state index contributed by atoms with van der Waals surface area (Å²) in [5, 5.41) is 4.38. The van der Waals surface area contributed by atoms with E-state index in [9.17, 15) is 8.78 Å². The van der Waals surface area contributed by atoms with Crippen LogP contribution in [0.4, 0.5) is 8.78 Å². The molecule has 2 radical (unpaired) electrons. The van der Waals surface area contributed by atoms with Crippen molar-refractivity contribution < 1.29 is 18.3 Å². The summed E-state index contributed by atoms with van der Waals surface area (Å²) in [5.41, 5.74) is 1.52. The maximum absolute atomic E-state index is 14.2. The molecular formula is C20H15AsF2N4O2. The third kappa shape index (κ3) is 3.44. The molecule has 0 unspecified atom stereocenters. The van der Waals surface area contributed by atoms with Gasteiger partial charge in [-0.15, -0.1) is 0 Å².